The topological polar surface area (TPSA) is 146 Å². The Balaban J connectivity index is 1.35. The first-order valence-electron chi connectivity index (χ1n) is 15.5. The van der Waals surface area contributed by atoms with E-state index in [1.807, 2.05) is 56.4 Å². The van der Waals surface area contributed by atoms with Crippen molar-refractivity contribution in [2.24, 2.45) is 0 Å². The summed E-state index contributed by atoms with van der Waals surface area (Å²) in [6.07, 6.45) is -4.86. The highest BCUT2D eigenvalue weighted by molar-refractivity contribution is 8.78. The standard InChI is InChI=1S/C30H29BN6O6S4/c1-25-21(40)36-19-27(13-8-4-6-10-15(13)32-19,17(38)29(36,46-44-25)23(42)34(25)2)28-14-9-5-7-11-16(14)33-20(28)37-22(41)26(12-31)35(3)24(43)30(37,18(28)39)47-45-26/h4-11,17-20,32-33,38-39H,12,31H2,1-3H3. The number of nitrogens with zero attached hydrogens (tertiary/aromatic N) is 4. The van der Waals surface area contributed by atoms with Gasteiger partial charge < -0.3 is 30.6 Å². The summed E-state index contributed by atoms with van der Waals surface area (Å²) in [7, 11) is 9.96. The summed E-state index contributed by atoms with van der Waals surface area (Å²) in [5.41, 5.74) is -0.761. The highest BCUT2D eigenvalue weighted by Crippen LogP contribution is 2.78. The molecule has 2 aromatic rings. The van der Waals surface area contributed by atoms with Crippen molar-refractivity contribution in [2.45, 2.75) is 68.1 Å². The number of hydrogen-bond donors (Lipinski definition) is 4. The van der Waals surface area contributed by atoms with E-state index in [0.717, 1.165) is 0 Å². The van der Waals surface area contributed by atoms with Crippen molar-refractivity contribution in [3.63, 3.8) is 0 Å². The van der Waals surface area contributed by atoms with E-state index in [1.54, 1.807) is 21.0 Å². The quantitative estimate of drug-likeness (QED) is 0.253. The molecule has 10 atom stereocenters. The molecular weight excluding hydrogens is 679 g/mol. The average Bonchev–Trinajstić information content (AvgIpc) is 3.72. The third-order valence-electron chi connectivity index (χ3n) is 12.4. The summed E-state index contributed by atoms with van der Waals surface area (Å²) in [6, 6.07) is 14.8. The largest absolute Gasteiger partial charge is 0.388 e. The molecule has 10 unspecified atom stereocenters. The maximum absolute atomic E-state index is 14.9. The average molecular weight is 709 g/mol. The zero-order valence-corrected chi connectivity index (χ0v) is 28.9. The number of para-hydroxylation sites is 2. The van der Waals surface area contributed by atoms with Crippen LogP contribution in [0.4, 0.5) is 11.4 Å². The van der Waals surface area contributed by atoms with Gasteiger partial charge in [0, 0.05) is 25.5 Å². The molecule has 2 aromatic carbocycles. The van der Waals surface area contributed by atoms with Crippen molar-refractivity contribution in [3.05, 3.63) is 59.7 Å². The maximum atomic E-state index is 14.9. The number of anilines is 2. The van der Waals surface area contributed by atoms with E-state index in [9.17, 15) is 29.4 Å². The molecule has 0 radical (unpaired) electrons. The third-order valence-corrected chi connectivity index (χ3v) is 19.9. The molecular formula is C30H29BN6O6S4. The van der Waals surface area contributed by atoms with E-state index in [-0.39, 0.29) is 11.8 Å². The molecule has 4 bridgehead atoms. The highest BCUT2D eigenvalue weighted by atomic mass is 33.1. The predicted octanol–water partition coefficient (Wildman–Crippen LogP) is 0.362. The van der Waals surface area contributed by atoms with Crippen molar-refractivity contribution in [1.82, 2.24) is 19.6 Å². The summed E-state index contributed by atoms with van der Waals surface area (Å²) in [4.78, 5) is 58.8. The molecule has 47 heavy (non-hydrogen) atoms. The summed E-state index contributed by atoms with van der Waals surface area (Å²) in [5.74, 6) is -1.46. The number of fused-ring (bicyclic) bond motifs is 11. The van der Waals surface area contributed by atoms with Gasteiger partial charge in [0.15, 0.2) is 9.74 Å². The van der Waals surface area contributed by atoms with Crippen LogP contribution in [0.5, 0.6) is 0 Å². The minimum Gasteiger partial charge on any atom is -0.388 e. The molecule has 4 amide bonds. The second-order valence-corrected chi connectivity index (χ2v) is 19.0. The Kier molecular flexibility index (Phi) is 5.20. The molecule has 0 aromatic heterocycles. The molecule has 0 saturated carbocycles. The molecule has 10 heterocycles. The van der Waals surface area contributed by atoms with Crippen LogP contribution in [0.15, 0.2) is 48.5 Å². The van der Waals surface area contributed by atoms with Crippen molar-refractivity contribution in [3.8, 4) is 0 Å². The normalized spacial score (nSPS) is 46.2. The van der Waals surface area contributed by atoms with E-state index >= 15 is 0 Å². The molecule has 17 heteroatoms. The lowest BCUT2D eigenvalue weighted by Crippen LogP contribution is -2.78. The van der Waals surface area contributed by atoms with Gasteiger partial charge in [0.2, 0.25) is 9.74 Å². The zero-order valence-electron chi connectivity index (χ0n) is 25.6. The number of likely N-dealkylation sites (N-methyl/N-ethyl adjacent to an activating group) is 2. The number of piperazine rings is 2. The van der Waals surface area contributed by atoms with Gasteiger partial charge in [-0.15, -0.1) is 0 Å². The molecule has 12 rings (SSSR count). The van der Waals surface area contributed by atoms with Crippen LogP contribution in [0.2, 0.25) is 6.32 Å². The minimum atomic E-state index is -1.76. The molecule has 10 aliphatic rings. The van der Waals surface area contributed by atoms with Gasteiger partial charge in [-0.05, 0) is 58.1 Å². The van der Waals surface area contributed by atoms with Gasteiger partial charge >= 0.3 is 0 Å². The number of rotatable bonds is 2. The highest BCUT2D eigenvalue weighted by Gasteiger charge is 2.93. The summed E-state index contributed by atoms with van der Waals surface area (Å²) in [6.45, 7) is 1.71. The lowest BCUT2D eigenvalue weighted by molar-refractivity contribution is -0.166. The fourth-order valence-corrected chi connectivity index (χ4v) is 17.6. The smallest absolute Gasteiger partial charge is 0.264 e. The number of aliphatic hydroxyl groups excluding tert-OH is 2. The van der Waals surface area contributed by atoms with Gasteiger partial charge in [-0.2, -0.15) is 0 Å². The van der Waals surface area contributed by atoms with Crippen LogP contribution >= 0.6 is 43.2 Å². The van der Waals surface area contributed by atoms with Crippen LogP contribution < -0.4 is 10.6 Å². The molecule has 8 fully saturated rings. The third kappa shape index (κ3) is 2.46. The first-order chi connectivity index (χ1) is 22.4. The monoisotopic (exact) mass is 708 g/mol. The first-order valence-corrected chi connectivity index (χ1v) is 19.8. The minimum absolute atomic E-state index is 0.307. The number of aliphatic hydroxyl groups is 2. The van der Waals surface area contributed by atoms with Crippen molar-refractivity contribution >= 4 is 86.0 Å². The van der Waals surface area contributed by atoms with Gasteiger partial charge in [-0.3, -0.25) is 29.0 Å². The second kappa shape index (κ2) is 8.36. The number of nitrogens with one attached hydrogen (secondary N) is 2. The number of amides is 4. The molecule has 0 aliphatic carbocycles. The molecule has 2 spiro atoms. The van der Waals surface area contributed by atoms with Gasteiger partial charge in [-0.1, -0.05) is 58.0 Å². The van der Waals surface area contributed by atoms with Crippen LogP contribution in [-0.2, 0) is 30.0 Å². The van der Waals surface area contributed by atoms with Crippen LogP contribution in [0.3, 0.4) is 0 Å². The van der Waals surface area contributed by atoms with E-state index < -0.39 is 66.7 Å². The Bertz CT molecular complexity index is 1920. The summed E-state index contributed by atoms with van der Waals surface area (Å²) < 4.78 is 0. The molecule has 242 valence electrons. The number of carbonyl (C=O) groups is 4. The van der Waals surface area contributed by atoms with Crippen LogP contribution in [-0.4, -0.2) is 119 Å². The zero-order chi connectivity index (χ0) is 32.8. The molecule has 4 N–H and O–H groups in total. The van der Waals surface area contributed by atoms with Crippen molar-refractivity contribution < 1.29 is 29.4 Å². The lowest BCUT2D eigenvalue weighted by Gasteiger charge is -2.59. The molecule has 12 nitrogen and oxygen atoms in total. The van der Waals surface area contributed by atoms with Crippen LogP contribution in [0.1, 0.15) is 18.1 Å². The fourth-order valence-electron chi connectivity index (χ4n) is 10.2. The lowest BCUT2D eigenvalue weighted by atomic mass is 9.52. The Morgan fingerprint density at radius 1 is 0.702 bits per heavy atom. The van der Waals surface area contributed by atoms with Gasteiger partial charge in [-0.25, -0.2) is 0 Å². The molecule has 10 aliphatic heterocycles. The van der Waals surface area contributed by atoms with Gasteiger partial charge in [0.25, 0.3) is 23.6 Å². The van der Waals surface area contributed by atoms with Crippen LogP contribution in [0, 0.1) is 0 Å². The number of benzene rings is 2. The molecule has 8 saturated heterocycles. The Morgan fingerprint density at radius 2 is 1.17 bits per heavy atom. The Hall–Kier alpha value is -2.70. The van der Waals surface area contributed by atoms with E-state index in [4.69, 9.17) is 0 Å². The number of carbonyl (C=O) groups excluding carboxylic acids is 4. The summed E-state index contributed by atoms with van der Waals surface area (Å²) in [5, 5.41) is 33.8. The summed E-state index contributed by atoms with van der Waals surface area (Å²) >= 11 is 0. The van der Waals surface area contributed by atoms with Crippen LogP contribution in [0.25, 0.3) is 0 Å². The first kappa shape index (κ1) is 29.2. The fraction of sp³-hybridized carbons (Fsp3) is 0.467. The predicted molar refractivity (Wildman–Crippen MR) is 183 cm³/mol. The van der Waals surface area contributed by atoms with Gasteiger partial charge in [0.1, 0.15) is 32.4 Å². The van der Waals surface area contributed by atoms with Crippen molar-refractivity contribution in [1.29, 1.82) is 0 Å². The van der Waals surface area contributed by atoms with Crippen molar-refractivity contribution in [2.75, 3.05) is 24.7 Å². The Morgan fingerprint density at radius 3 is 1.70 bits per heavy atom. The van der Waals surface area contributed by atoms with Gasteiger partial charge in [0.05, 0.1) is 10.8 Å². The second-order valence-electron chi connectivity index (χ2n) is 13.7. The Labute approximate surface area is 286 Å². The SMILES string of the molecule is BCC12SSC3(C(=O)N1C)C(O)C1(C45c6ccccc6NC4N4C(=O)C6(C)SSC4(C(=O)N6C)C5O)c4ccccc4NC1N3C2=O. The maximum Gasteiger partial charge on any atom is 0.264 e. The van der Waals surface area contributed by atoms with E-state index in [2.05, 4.69) is 10.6 Å². The number of hydrogen-bond acceptors (Lipinski definition) is 12. The van der Waals surface area contributed by atoms with E-state index in [1.165, 1.54) is 62.8 Å². The van der Waals surface area contributed by atoms with E-state index in [0.29, 0.717) is 28.8 Å².